The molecule has 1 aromatic carbocycles. The maximum absolute atomic E-state index is 12.5. The van der Waals surface area contributed by atoms with E-state index in [4.69, 9.17) is 5.73 Å². The van der Waals surface area contributed by atoms with Crippen LogP contribution in [0.1, 0.15) is 37.3 Å². The molecule has 0 aliphatic heterocycles. The Hall–Kier alpha value is -1.61. The third-order valence-electron chi connectivity index (χ3n) is 3.93. The second-order valence-corrected chi connectivity index (χ2v) is 5.05. The fraction of sp³-hybridized carbons (Fsp3) is 0.400. The van der Waals surface area contributed by atoms with Crippen LogP contribution >= 0.6 is 0 Å². The normalized spacial score (nSPS) is 16.5. The topological polar surface area (TPSA) is 48.0 Å². The van der Waals surface area contributed by atoms with E-state index in [0.29, 0.717) is 12.6 Å². The first-order valence-corrected chi connectivity index (χ1v) is 6.64. The molecule has 18 heavy (non-hydrogen) atoms. The fourth-order valence-corrected chi connectivity index (χ4v) is 3.01. The Morgan fingerprint density at radius 3 is 2.67 bits per heavy atom. The molecule has 0 unspecified atom stereocenters. The van der Waals surface area contributed by atoms with Gasteiger partial charge in [0.25, 0.3) is 5.56 Å². The monoisotopic (exact) mass is 242 g/mol. The van der Waals surface area contributed by atoms with Gasteiger partial charge in [0.2, 0.25) is 0 Å². The van der Waals surface area contributed by atoms with Crippen LogP contribution in [0.2, 0.25) is 0 Å². The van der Waals surface area contributed by atoms with Gasteiger partial charge in [0.05, 0.1) is 5.52 Å². The van der Waals surface area contributed by atoms with Crippen LogP contribution in [0, 0.1) is 0 Å². The van der Waals surface area contributed by atoms with Crippen LogP contribution in [0.5, 0.6) is 0 Å². The lowest BCUT2D eigenvalue weighted by molar-refractivity contribution is 0.516. The molecule has 1 aliphatic rings. The van der Waals surface area contributed by atoms with Crippen LogP contribution in [-0.2, 0) is 6.54 Å². The molecule has 2 aromatic rings. The fourth-order valence-electron chi connectivity index (χ4n) is 3.01. The first kappa shape index (κ1) is 11.5. The Bertz CT molecular complexity index is 624. The lowest BCUT2D eigenvalue weighted by Crippen LogP contribution is -2.28. The summed E-state index contributed by atoms with van der Waals surface area (Å²) in [4.78, 5) is 12.5. The summed E-state index contributed by atoms with van der Waals surface area (Å²) in [7, 11) is 0. The maximum atomic E-state index is 12.5. The minimum absolute atomic E-state index is 0.100. The van der Waals surface area contributed by atoms with Crippen LogP contribution < -0.4 is 11.3 Å². The summed E-state index contributed by atoms with van der Waals surface area (Å²) in [5.41, 5.74) is 7.57. The molecule has 0 spiro atoms. The average Bonchev–Trinajstić information content (AvgIpc) is 2.91. The number of rotatable bonds is 2. The molecule has 0 saturated heterocycles. The molecular formula is C15H18N2O. The van der Waals surface area contributed by atoms with E-state index in [9.17, 15) is 4.79 Å². The zero-order valence-electron chi connectivity index (χ0n) is 10.4. The number of nitrogens with two attached hydrogens (primary N) is 1. The van der Waals surface area contributed by atoms with E-state index in [1.165, 1.54) is 12.8 Å². The highest BCUT2D eigenvalue weighted by Gasteiger charge is 2.20. The lowest BCUT2D eigenvalue weighted by Gasteiger charge is -2.18. The Balaban J connectivity index is 2.31. The van der Waals surface area contributed by atoms with E-state index < -0.39 is 0 Å². The third kappa shape index (κ3) is 1.75. The van der Waals surface area contributed by atoms with E-state index in [-0.39, 0.29) is 5.56 Å². The van der Waals surface area contributed by atoms with Crippen LogP contribution in [-0.4, -0.2) is 4.57 Å². The number of para-hydroxylation sites is 1. The van der Waals surface area contributed by atoms with Gasteiger partial charge in [0.15, 0.2) is 0 Å². The van der Waals surface area contributed by atoms with Crippen molar-refractivity contribution in [2.45, 2.75) is 38.3 Å². The largest absolute Gasteiger partial charge is 0.326 e. The number of hydrogen-bond donors (Lipinski definition) is 1. The summed E-state index contributed by atoms with van der Waals surface area (Å²) in [6.07, 6.45) is 4.66. The number of fused-ring (bicyclic) bond motifs is 1. The molecule has 1 aromatic heterocycles. The van der Waals surface area contributed by atoms with Gasteiger partial charge < -0.3 is 10.3 Å². The lowest BCUT2D eigenvalue weighted by atomic mass is 10.1. The number of hydrogen-bond acceptors (Lipinski definition) is 2. The third-order valence-corrected chi connectivity index (χ3v) is 3.93. The van der Waals surface area contributed by atoms with Crippen molar-refractivity contribution < 1.29 is 0 Å². The van der Waals surface area contributed by atoms with Crippen LogP contribution in [0.3, 0.4) is 0 Å². The Morgan fingerprint density at radius 2 is 1.94 bits per heavy atom. The molecule has 1 aliphatic carbocycles. The number of benzene rings is 1. The zero-order chi connectivity index (χ0) is 12.5. The van der Waals surface area contributed by atoms with Gasteiger partial charge in [-0.25, -0.2) is 0 Å². The van der Waals surface area contributed by atoms with Crippen LogP contribution in [0.25, 0.3) is 10.9 Å². The highest BCUT2D eigenvalue weighted by atomic mass is 16.1. The van der Waals surface area contributed by atoms with Crippen LogP contribution in [0.4, 0.5) is 0 Å². The van der Waals surface area contributed by atoms with Crippen molar-refractivity contribution in [3.8, 4) is 0 Å². The highest BCUT2D eigenvalue weighted by Crippen LogP contribution is 2.30. The summed E-state index contributed by atoms with van der Waals surface area (Å²) >= 11 is 0. The van der Waals surface area contributed by atoms with Crippen molar-refractivity contribution in [2.24, 2.45) is 5.73 Å². The number of aromatic nitrogens is 1. The van der Waals surface area contributed by atoms with Crippen molar-refractivity contribution in [2.75, 3.05) is 0 Å². The average molecular weight is 242 g/mol. The molecular weight excluding hydrogens is 224 g/mol. The number of nitrogens with zero attached hydrogens (tertiary/aromatic N) is 1. The zero-order valence-corrected chi connectivity index (χ0v) is 10.4. The molecule has 94 valence electrons. The minimum Gasteiger partial charge on any atom is -0.326 e. The molecule has 3 nitrogen and oxygen atoms in total. The summed E-state index contributed by atoms with van der Waals surface area (Å²) in [5, 5.41) is 1.12. The molecule has 3 rings (SSSR count). The van der Waals surface area contributed by atoms with Gasteiger partial charge in [-0.3, -0.25) is 4.79 Å². The summed E-state index contributed by atoms with van der Waals surface area (Å²) in [6.45, 7) is 0.316. The minimum atomic E-state index is 0.100. The van der Waals surface area contributed by atoms with E-state index in [1.807, 2.05) is 28.8 Å². The van der Waals surface area contributed by atoms with Gasteiger partial charge in [0.1, 0.15) is 0 Å². The van der Waals surface area contributed by atoms with E-state index >= 15 is 0 Å². The molecule has 0 amide bonds. The van der Waals surface area contributed by atoms with Gasteiger partial charge >= 0.3 is 0 Å². The van der Waals surface area contributed by atoms with E-state index in [2.05, 4.69) is 6.07 Å². The highest BCUT2D eigenvalue weighted by molar-refractivity contribution is 5.79. The standard InChI is InChI=1S/C15H18N2O/c16-10-12-9-11-5-1-4-8-14(11)17(15(12)18)13-6-2-3-7-13/h1,4-5,8-9,13H,2-3,6-7,10,16H2. The second-order valence-electron chi connectivity index (χ2n) is 5.05. The molecule has 0 radical (unpaired) electrons. The van der Waals surface area contributed by atoms with Crippen LogP contribution in [0.15, 0.2) is 35.1 Å². The molecule has 2 N–H and O–H groups in total. The van der Waals surface area contributed by atoms with Crippen molar-refractivity contribution in [3.05, 3.63) is 46.2 Å². The predicted molar refractivity (Wildman–Crippen MR) is 73.6 cm³/mol. The number of pyridine rings is 1. The Morgan fingerprint density at radius 1 is 1.22 bits per heavy atom. The smallest absolute Gasteiger partial charge is 0.255 e. The van der Waals surface area contributed by atoms with Crippen molar-refractivity contribution >= 4 is 10.9 Å². The molecule has 0 atom stereocenters. The molecule has 1 heterocycles. The van der Waals surface area contributed by atoms with Crippen molar-refractivity contribution in [1.82, 2.24) is 4.57 Å². The first-order chi connectivity index (χ1) is 8.81. The van der Waals surface area contributed by atoms with Gasteiger partial charge in [-0.05, 0) is 30.4 Å². The van der Waals surface area contributed by atoms with Crippen molar-refractivity contribution in [1.29, 1.82) is 0 Å². The Labute approximate surface area is 106 Å². The molecule has 0 bridgehead atoms. The second kappa shape index (κ2) is 4.58. The summed E-state index contributed by atoms with van der Waals surface area (Å²) in [5.74, 6) is 0. The summed E-state index contributed by atoms with van der Waals surface area (Å²) < 4.78 is 1.98. The molecule has 3 heteroatoms. The molecule has 1 saturated carbocycles. The maximum Gasteiger partial charge on any atom is 0.255 e. The van der Waals surface area contributed by atoms with E-state index in [1.54, 1.807) is 0 Å². The Kier molecular flexibility index (Phi) is 2.92. The first-order valence-electron chi connectivity index (χ1n) is 6.64. The SMILES string of the molecule is NCc1cc2ccccc2n(C2CCCC2)c1=O. The van der Waals surface area contributed by atoms with Gasteiger partial charge in [0, 0.05) is 18.2 Å². The predicted octanol–water partition coefficient (Wildman–Crippen LogP) is 2.58. The van der Waals surface area contributed by atoms with Gasteiger partial charge in [-0.1, -0.05) is 31.0 Å². The van der Waals surface area contributed by atoms with Gasteiger partial charge in [-0.2, -0.15) is 0 Å². The van der Waals surface area contributed by atoms with E-state index in [0.717, 1.165) is 29.3 Å². The van der Waals surface area contributed by atoms with Gasteiger partial charge in [-0.15, -0.1) is 0 Å². The van der Waals surface area contributed by atoms with Crippen molar-refractivity contribution in [3.63, 3.8) is 0 Å². The quantitative estimate of drug-likeness (QED) is 0.879. The molecule has 1 fully saturated rings. The summed E-state index contributed by atoms with van der Waals surface area (Å²) in [6, 6.07) is 10.4.